The number of nitrogens with zero attached hydrogens (tertiary/aromatic N) is 1. The van der Waals surface area contributed by atoms with Crippen molar-refractivity contribution in [2.75, 3.05) is 0 Å². The summed E-state index contributed by atoms with van der Waals surface area (Å²) in [6.45, 7) is 0. The molecular weight excluding hydrogens is 257 g/mol. The highest BCUT2D eigenvalue weighted by Crippen LogP contribution is 2.18. The fourth-order valence-corrected chi connectivity index (χ4v) is 2.13. The van der Waals surface area contributed by atoms with Gasteiger partial charge in [-0.15, -0.1) is 0 Å². The van der Waals surface area contributed by atoms with E-state index in [1.54, 1.807) is 30.6 Å². The number of aryl methyl sites for hydroxylation is 1. The first-order valence-electron chi connectivity index (χ1n) is 6.52. The summed E-state index contributed by atoms with van der Waals surface area (Å²) in [5.74, 6) is -1.83. The van der Waals surface area contributed by atoms with Crippen LogP contribution in [0.25, 0.3) is 0 Å². The molecule has 2 rings (SSSR count). The van der Waals surface area contributed by atoms with Crippen LogP contribution in [0.15, 0.2) is 48.8 Å². The number of hydrogen-bond acceptors (Lipinski definition) is 2. The van der Waals surface area contributed by atoms with Crippen LogP contribution in [-0.4, -0.2) is 16.1 Å². The third-order valence-corrected chi connectivity index (χ3v) is 3.28. The lowest BCUT2D eigenvalue weighted by atomic mass is 9.93. The zero-order valence-electron chi connectivity index (χ0n) is 11.0. The third kappa shape index (κ3) is 3.88. The second-order valence-electron chi connectivity index (χ2n) is 4.73. The zero-order chi connectivity index (χ0) is 14.4. The van der Waals surface area contributed by atoms with Gasteiger partial charge in [0, 0.05) is 12.4 Å². The molecule has 104 valence electrons. The topological polar surface area (TPSA) is 50.2 Å². The predicted molar refractivity (Wildman–Crippen MR) is 73.8 cm³/mol. The molecule has 20 heavy (non-hydrogen) atoms. The SMILES string of the molecule is O=C(O)C(CCc1cccnc1)Cc1ccccc1F. The Morgan fingerprint density at radius 1 is 1.25 bits per heavy atom. The number of halogens is 1. The average Bonchev–Trinajstić information content (AvgIpc) is 2.46. The number of rotatable bonds is 6. The molecule has 1 N–H and O–H groups in total. The maximum absolute atomic E-state index is 13.6. The Hall–Kier alpha value is -2.23. The van der Waals surface area contributed by atoms with Gasteiger partial charge in [-0.2, -0.15) is 0 Å². The summed E-state index contributed by atoms with van der Waals surface area (Å²) >= 11 is 0. The van der Waals surface area contributed by atoms with Gasteiger partial charge < -0.3 is 5.11 Å². The summed E-state index contributed by atoms with van der Waals surface area (Å²) in [6, 6.07) is 10.0. The van der Waals surface area contributed by atoms with Crippen LogP contribution in [0, 0.1) is 11.7 Å². The van der Waals surface area contributed by atoms with E-state index in [1.807, 2.05) is 12.1 Å². The van der Waals surface area contributed by atoms with E-state index in [-0.39, 0.29) is 12.2 Å². The number of pyridine rings is 1. The van der Waals surface area contributed by atoms with Crippen LogP contribution in [-0.2, 0) is 17.6 Å². The van der Waals surface area contributed by atoms with Crippen molar-refractivity contribution in [3.05, 3.63) is 65.7 Å². The summed E-state index contributed by atoms with van der Waals surface area (Å²) in [5, 5.41) is 9.27. The molecule has 0 bridgehead atoms. The molecule has 0 saturated heterocycles. The van der Waals surface area contributed by atoms with Crippen LogP contribution >= 0.6 is 0 Å². The van der Waals surface area contributed by atoms with Crippen molar-refractivity contribution in [1.29, 1.82) is 0 Å². The van der Waals surface area contributed by atoms with Crippen LogP contribution in [0.2, 0.25) is 0 Å². The smallest absolute Gasteiger partial charge is 0.306 e. The van der Waals surface area contributed by atoms with Crippen molar-refractivity contribution in [2.24, 2.45) is 5.92 Å². The van der Waals surface area contributed by atoms with Crippen LogP contribution in [0.1, 0.15) is 17.5 Å². The molecule has 1 atom stereocenters. The van der Waals surface area contributed by atoms with E-state index in [2.05, 4.69) is 4.98 Å². The molecule has 0 fully saturated rings. The first kappa shape index (κ1) is 14.2. The summed E-state index contributed by atoms with van der Waals surface area (Å²) in [7, 11) is 0. The molecule has 0 amide bonds. The Balaban J connectivity index is 2.01. The van der Waals surface area contributed by atoms with Crippen molar-refractivity contribution in [3.63, 3.8) is 0 Å². The minimum absolute atomic E-state index is 0.211. The lowest BCUT2D eigenvalue weighted by Gasteiger charge is -2.12. The quantitative estimate of drug-likeness (QED) is 0.879. The van der Waals surface area contributed by atoms with Gasteiger partial charge in [-0.3, -0.25) is 9.78 Å². The molecule has 0 aliphatic heterocycles. The molecule has 0 spiro atoms. The molecule has 0 aliphatic rings. The van der Waals surface area contributed by atoms with Crippen LogP contribution < -0.4 is 0 Å². The van der Waals surface area contributed by atoms with Gasteiger partial charge in [0.15, 0.2) is 0 Å². The lowest BCUT2D eigenvalue weighted by Crippen LogP contribution is -2.18. The minimum Gasteiger partial charge on any atom is -0.481 e. The fourth-order valence-electron chi connectivity index (χ4n) is 2.13. The number of carbonyl (C=O) groups is 1. The highest BCUT2D eigenvalue weighted by Gasteiger charge is 2.19. The fraction of sp³-hybridized carbons (Fsp3) is 0.250. The number of aromatic nitrogens is 1. The van der Waals surface area contributed by atoms with Gasteiger partial charge in [0.05, 0.1) is 5.92 Å². The Kier molecular flexibility index (Phi) is 4.82. The normalized spacial score (nSPS) is 12.1. The first-order chi connectivity index (χ1) is 9.66. The molecule has 2 aromatic rings. The summed E-state index contributed by atoms with van der Waals surface area (Å²) in [6.07, 6.45) is 4.70. The van der Waals surface area contributed by atoms with Gasteiger partial charge in [0.1, 0.15) is 5.82 Å². The molecule has 1 heterocycles. The van der Waals surface area contributed by atoms with Gasteiger partial charge in [0.2, 0.25) is 0 Å². The summed E-state index contributed by atoms with van der Waals surface area (Å²) < 4.78 is 13.6. The number of benzene rings is 1. The van der Waals surface area contributed by atoms with E-state index in [1.165, 1.54) is 6.07 Å². The maximum atomic E-state index is 13.6. The number of carboxylic acids is 1. The lowest BCUT2D eigenvalue weighted by molar-refractivity contribution is -0.141. The molecule has 4 heteroatoms. The number of aliphatic carboxylic acids is 1. The number of hydrogen-bond donors (Lipinski definition) is 1. The van der Waals surface area contributed by atoms with E-state index >= 15 is 0 Å². The maximum Gasteiger partial charge on any atom is 0.306 e. The Morgan fingerprint density at radius 2 is 2.05 bits per heavy atom. The standard InChI is InChI=1S/C16H16FNO2/c17-15-6-2-1-5-13(15)10-14(16(19)20)8-7-12-4-3-9-18-11-12/h1-6,9,11,14H,7-8,10H2,(H,19,20). The van der Waals surface area contributed by atoms with Crippen LogP contribution in [0.3, 0.4) is 0 Å². The van der Waals surface area contributed by atoms with Crippen LogP contribution in [0.4, 0.5) is 4.39 Å². The Labute approximate surface area is 117 Å². The van der Waals surface area contributed by atoms with Crippen molar-refractivity contribution in [2.45, 2.75) is 19.3 Å². The van der Waals surface area contributed by atoms with Gasteiger partial charge >= 0.3 is 5.97 Å². The molecule has 0 saturated carbocycles. The average molecular weight is 273 g/mol. The summed E-state index contributed by atoms with van der Waals surface area (Å²) in [5.41, 5.74) is 1.44. The zero-order valence-corrected chi connectivity index (χ0v) is 11.0. The molecule has 0 aliphatic carbocycles. The molecule has 1 unspecified atom stereocenters. The largest absolute Gasteiger partial charge is 0.481 e. The van der Waals surface area contributed by atoms with E-state index in [0.29, 0.717) is 18.4 Å². The Morgan fingerprint density at radius 3 is 2.70 bits per heavy atom. The van der Waals surface area contributed by atoms with Gasteiger partial charge in [-0.05, 0) is 42.5 Å². The first-order valence-corrected chi connectivity index (χ1v) is 6.52. The van der Waals surface area contributed by atoms with Crippen molar-refractivity contribution in [3.8, 4) is 0 Å². The van der Waals surface area contributed by atoms with Gasteiger partial charge in [-0.25, -0.2) is 4.39 Å². The van der Waals surface area contributed by atoms with E-state index in [4.69, 9.17) is 0 Å². The molecular formula is C16H16FNO2. The molecule has 1 aromatic heterocycles. The van der Waals surface area contributed by atoms with Crippen molar-refractivity contribution in [1.82, 2.24) is 4.98 Å². The third-order valence-electron chi connectivity index (χ3n) is 3.28. The Bertz CT molecular complexity index is 572. The predicted octanol–water partition coefficient (Wildman–Crippen LogP) is 3.10. The monoisotopic (exact) mass is 273 g/mol. The molecule has 0 radical (unpaired) electrons. The van der Waals surface area contributed by atoms with Crippen molar-refractivity contribution < 1.29 is 14.3 Å². The van der Waals surface area contributed by atoms with Gasteiger partial charge in [-0.1, -0.05) is 24.3 Å². The molecule has 1 aromatic carbocycles. The number of carboxylic acid groups (broad SMARTS) is 1. The minimum atomic E-state index is -0.892. The molecule has 3 nitrogen and oxygen atoms in total. The second-order valence-corrected chi connectivity index (χ2v) is 4.73. The van der Waals surface area contributed by atoms with E-state index in [9.17, 15) is 14.3 Å². The summed E-state index contributed by atoms with van der Waals surface area (Å²) in [4.78, 5) is 15.3. The van der Waals surface area contributed by atoms with E-state index in [0.717, 1.165) is 5.56 Å². The highest BCUT2D eigenvalue weighted by molar-refractivity contribution is 5.70. The van der Waals surface area contributed by atoms with E-state index < -0.39 is 11.9 Å². The second kappa shape index (κ2) is 6.80. The van der Waals surface area contributed by atoms with Crippen molar-refractivity contribution >= 4 is 5.97 Å². The van der Waals surface area contributed by atoms with Gasteiger partial charge in [0.25, 0.3) is 0 Å². The highest BCUT2D eigenvalue weighted by atomic mass is 19.1. The van der Waals surface area contributed by atoms with Crippen LogP contribution in [0.5, 0.6) is 0 Å².